The van der Waals surface area contributed by atoms with Gasteiger partial charge in [0.05, 0.1) is 43.9 Å². The van der Waals surface area contributed by atoms with Crippen molar-refractivity contribution in [3.05, 3.63) is 48.0 Å². The Morgan fingerprint density at radius 3 is 1.93 bits per heavy atom. The number of fused-ring (bicyclic) bond motifs is 4. The number of morpholine rings is 1. The summed E-state index contributed by atoms with van der Waals surface area (Å²) in [6, 6.07) is 13.3. The lowest BCUT2D eigenvalue weighted by molar-refractivity contribution is -0.116. The molecule has 4 aromatic heterocycles. The van der Waals surface area contributed by atoms with Gasteiger partial charge in [-0.2, -0.15) is 4.98 Å². The highest BCUT2D eigenvalue weighted by Gasteiger charge is 2.39. The van der Waals surface area contributed by atoms with Crippen LogP contribution in [0.1, 0.15) is 84.5 Å². The number of aromatic nitrogens is 4. The molecule has 10 heterocycles. The summed E-state index contributed by atoms with van der Waals surface area (Å²) < 4.78 is 17.9. The highest BCUT2D eigenvalue weighted by atomic mass is 32.1. The number of thiophene rings is 2. The lowest BCUT2D eigenvalue weighted by Crippen LogP contribution is -2.46. The van der Waals surface area contributed by atoms with E-state index in [0.29, 0.717) is 36.3 Å². The number of nitrogens with zero attached hydrogens (tertiary/aromatic N) is 9. The molecule has 0 aliphatic carbocycles. The maximum Gasteiger partial charge on any atom is 0.228 e. The van der Waals surface area contributed by atoms with Crippen molar-refractivity contribution in [3.63, 3.8) is 0 Å². The largest absolute Gasteiger partial charge is 0.380 e. The molecule has 6 aliphatic heterocycles. The van der Waals surface area contributed by atoms with Crippen molar-refractivity contribution < 1.29 is 19.0 Å². The van der Waals surface area contributed by atoms with Crippen LogP contribution in [0.5, 0.6) is 0 Å². The zero-order valence-electron chi connectivity index (χ0n) is 41.1. The lowest BCUT2D eigenvalue weighted by atomic mass is 9.98. The number of anilines is 4. The van der Waals surface area contributed by atoms with Crippen LogP contribution in [-0.2, 0) is 19.0 Å². The number of ether oxygens (including phenoxy) is 3. The molecule has 0 saturated carbocycles. The molecule has 0 spiro atoms. The van der Waals surface area contributed by atoms with E-state index in [1.165, 1.54) is 70.1 Å². The molecule has 11 rings (SSSR count). The third-order valence-electron chi connectivity index (χ3n) is 15.1. The van der Waals surface area contributed by atoms with Crippen molar-refractivity contribution in [2.75, 3.05) is 125 Å². The van der Waals surface area contributed by atoms with E-state index in [4.69, 9.17) is 34.1 Å². The quantitative estimate of drug-likeness (QED) is 0.0893. The van der Waals surface area contributed by atoms with Gasteiger partial charge in [-0.05, 0) is 125 Å². The highest BCUT2D eigenvalue weighted by molar-refractivity contribution is 7.23. The van der Waals surface area contributed by atoms with Crippen molar-refractivity contribution in [2.24, 2.45) is 17.8 Å². The van der Waals surface area contributed by atoms with Crippen LogP contribution in [-0.4, -0.2) is 153 Å². The Morgan fingerprint density at radius 2 is 1.32 bits per heavy atom. The molecule has 2 bridgehead atoms. The summed E-state index contributed by atoms with van der Waals surface area (Å²) in [5.74, 6) is 4.43. The van der Waals surface area contributed by atoms with Gasteiger partial charge in [0.1, 0.15) is 20.5 Å². The molecule has 2 atom stereocenters. The molecular formula is C53H74N10O4S2. The molecule has 0 radical (unpaired) electrons. The first-order valence-corrected chi connectivity index (χ1v) is 28.0. The van der Waals surface area contributed by atoms with Gasteiger partial charge in [-0.25, -0.2) is 15.0 Å². The van der Waals surface area contributed by atoms with Crippen molar-refractivity contribution in [1.29, 1.82) is 0 Å². The highest BCUT2D eigenvalue weighted by Crippen LogP contribution is 2.43. The standard InChI is InChI=1S/C29H39N5O2S.C24H35N5O2S/c1-21(2)18-25(35)31-28-26(23-8-4-3-5-9-23)24-19-30-29(32-27(24)37-28)34-14-10-22(11-15-34)20-36-17-16-33-12-6-7-13-33;1-2-9-27(8-1)12-13-30-15-18-5-10-28(11-6-18)24-25-22(21-7-14-32-23(21)26-24)29-19-3-4-20(29)17-31-16-19/h3-5,8-9,19,21-22H,6-7,10-18,20H2,1-2H3,(H,31,35);7,14,18-20H,1-6,8-13,15-17H2. The summed E-state index contributed by atoms with van der Waals surface area (Å²) in [5.41, 5.74) is 2.07. The Kier molecular flexibility index (Phi) is 16.5. The number of carbonyl (C=O) groups is 1. The number of nitrogens with one attached hydrogen (secondary N) is 1. The van der Waals surface area contributed by atoms with Gasteiger partial charge in [0.15, 0.2) is 0 Å². The zero-order valence-corrected chi connectivity index (χ0v) is 42.7. The Balaban J connectivity index is 0.000000162. The van der Waals surface area contributed by atoms with E-state index < -0.39 is 0 Å². The summed E-state index contributed by atoms with van der Waals surface area (Å²) >= 11 is 3.27. The first kappa shape index (κ1) is 48.6. The summed E-state index contributed by atoms with van der Waals surface area (Å²) in [6.07, 6.45) is 14.7. The molecular weight excluding hydrogens is 905 g/mol. The zero-order chi connectivity index (χ0) is 46.9. The van der Waals surface area contributed by atoms with Gasteiger partial charge in [0, 0.05) is 76.0 Å². The molecule has 6 saturated heterocycles. The molecule has 6 fully saturated rings. The number of rotatable bonds is 17. The number of amides is 1. The molecule has 2 unspecified atom stereocenters. The van der Waals surface area contributed by atoms with Gasteiger partial charge in [-0.15, -0.1) is 11.3 Å². The molecule has 1 amide bonds. The van der Waals surface area contributed by atoms with Crippen molar-refractivity contribution >= 4 is 71.7 Å². The van der Waals surface area contributed by atoms with Crippen molar-refractivity contribution in [3.8, 4) is 11.1 Å². The first-order chi connectivity index (χ1) is 33.9. The van der Waals surface area contributed by atoms with Crippen LogP contribution in [0.15, 0.2) is 48.0 Å². The van der Waals surface area contributed by atoms with Gasteiger partial charge in [-0.3, -0.25) is 4.79 Å². The van der Waals surface area contributed by atoms with E-state index in [-0.39, 0.29) is 5.91 Å². The Bertz CT molecular complexity index is 2390. The number of hydrogen-bond acceptors (Lipinski definition) is 15. The molecule has 5 aromatic rings. The van der Waals surface area contributed by atoms with Gasteiger partial charge < -0.3 is 44.0 Å². The van der Waals surface area contributed by atoms with Crippen LogP contribution in [0.4, 0.5) is 22.7 Å². The second-order valence-corrected chi connectivity index (χ2v) is 22.5. The van der Waals surface area contributed by atoms with Crippen LogP contribution in [0.3, 0.4) is 0 Å². The van der Waals surface area contributed by atoms with E-state index in [9.17, 15) is 4.79 Å². The van der Waals surface area contributed by atoms with Crippen LogP contribution in [0, 0.1) is 17.8 Å². The van der Waals surface area contributed by atoms with Crippen LogP contribution in [0.2, 0.25) is 0 Å². The van der Waals surface area contributed by atoms with Gasteiger partial charge >= 0.3 is 0 Å². The average Bonchev–Trinajstić information content (AvgIpc) is 4.24. The number of piperidine rings is 2. The number of hydrogen-bond donors (Lipinski definition) is 1. The monoisotopic (exact) mass is 979 g/mol. The second kappa shape index (κ2) is 23.5. The number of likely N-dealkylation sites (tertiary alicyclic amines) is 2. The van der Waals surface area contributed by atoms with E-state index in [1.54, 1.807) is 22.7 Å². The minimum atomic E-state index is 0.0386. The fraction of sp³-hybridized carbons (Fsp3) is 0.642. The molecule has 16 heteroatoms. The Morgan fingerprint density at radius 1 is 0.725 bits per heavy atom. The molecule has 1 aromatic carbocycles. The second-order valence-electron chi connectivity index (χ2n) is 20.6. The molecule has 6 aliphatic rings. The summed E-state index contributed by atoms with van der Waals surface area (Å²) in [4.78, 5) is 46.8. The molecule has 69 heavy (non-hydrogen) atoms. The van der Waals surface area contributed by atoms with Gasteiger partial charge in [0.25, 0.3) is 0 Å². The molecule has 14 nitrogen and oxygen atoms in total. The molecule has 372 valence electrons. The van der Waals surface area contributed by atoms with Crippen LogP contribution in [0.25, 0.3) is 31.6 Å². The summed E-state index contributed by atoms with van der Waals surface area (Å²) in [7, 11) is 0. The third kappa shape index (κ3) is 12.2. The van der Waals surface area contributed by atoms with Crippen LogP contribution >= 0.6 is 22.7 Å². The minimum absolute atomic E-state index is 0.0386. The Hall–Kier alpha value is -4.03. The maximum atomic E-state index is 12.6. The normalized spacial score (nSPS) is 21.8. The predicted octanol–water partition coefficient (Wildman–Crippen LogP) is 9.06. The van der Waals surface area contributed by atoms with E-state index in [1.807, 2.05) is 24.4 Å². The third-order valence-corrected chi connectivity index (χ3v) is 16.9. The summed E-state index contributed by atoms with van der Waals surface area (Å²) in [5, 5.41) is 8.36. The van der Waals surface area contributed by atoms with E-state index >= 15 is 0 Å². The van der Waals surface area contributed by atoms with Gasteiger partial charge in [0.2, 0.25) is 17.8 Å². The predicted molar refractivity (Wildman–Crippen MR) is 281 cm³/mol. The first-order valence-electron chi connectivity index (χ1n) is 26.3. The summed E-state index contributed by atoms with van der Waals surface area (Å²) in [6.45, 7) is 20.3. The van der Waals surface area contributed by atoms with Gasteiger partial charge in [-0.1, -0.05) is 55.5 Å². The topological polar surface area (TPSA) is 125 Å². The van der Waals surface area contributed by atoms with E-state index in [2.05, 4.69) is 67.2 Å². The molecule has 1 N–H and O–H groups in total. The lowest BCUT2D eigenvalue weighted by Gasteiger charge is -2.37. The van der Waals surface area contributed by atoms with Crippen molar-refractivity contribution in [1.82, 2.24) is 29.7 Å². The fourth-order valence-electron chi connectivity index (χ4n) is 11.2. The fourth-order valence-corrected chi connectivity index (χ4v) is 13.0. The minimum Gasteiger partial charge on any atom is -0.380 e. The maximum absolute atomic E-state index is 12.6. The average molecular weight is 979 g/mol. The number of carbonyl (C=O) groups excluding carboxylic acids is 1. The van der Waals surface area contributed by atoms with Crippen molar-refractivity contribution in [2.45, 2.75) is 96.6 Å². The SMILES string of the molecule is CC(C)CC(=O)Nc1sc2nc(N3CCC(COCCN4CCCC4)CC3)ncc2c1-c1ccccc1.c1cc2c(N3C4CCC3COC4)nc(N3CCC(COCCN4CCCC4)CC3)nc2s1. The smallest absolute Gasteiger partial charge is 0.228 e. The Labute approximate surface area is 417 Å². The number of benzene rings is 1. The van der Waals surface area contributed by atoms with Crippen LogP contribution < -0.4 is 20.0 Å². The van der Waals surface area contributed by atoms with E-state index in [0.717, 1.165) is 153 Å².